The average molecular weight is 408 g/mol. The summed E-state index contributed by atoms with van der Waals surface area (Å²) < 4.78 is 2.15. The van der Waals surface area contributed by atoms with Crippen molar-refractivity contribution in [2.75, 3.05) is 52.3 Å². The zero-order chi connectivity index (χ0) is 21.3. The van der Waals surface area contributed by atoms with E-state index in [-0.39, 0.29) is 12.3 Å². The molecule has 0 unspecified atom stereocenters. The number of aryl methyl sites for hydroxylation is 1. The van der Waals surface area contributed by atoms with Crippen LogP contribution in [-0.2, 0) is 16.1 Å². The number of hydroxylamine groups is 2. The molecule has 3 aromatic rings. The summed E-state index contributed by atoms with van der Waals surface area (Å²) in [5.74, 6) is 0.839. The molecule has 1 aliphatic heterocycles. The van der Waals surface area contributed by atoms with Crippen molar-refractivity contribution in [2.45, 2.75) is 13.3 Å². The van der Waals surface area contributed by atoms with Gasteiger partial charge in [0.15, 0.2) is 0 Å². The first-order valence-corrected chi connectivity index (χ1v) is 10.3. The summed E-state index contributed by atoms with van der Waals surface area (Å²) in [6.07, 6.45) is 0.285. The third kappa shape index (κ3) is 4.04. The van der Waals surface area contributed by atoms with Crippen molar-refractivity contribution in [1.82, 2.24) is 19.5 Å². The molecule has 0 N–H and O–H groups in total. The van der Waals surface area contributed by atoms with Gasteiger partial charge in [-0.05, 0) is 55.9 Å². The molecular weight excluding hydrogens is 378 g/mol. The van der Waals surface area contributed by atoms with E-state index in [0.29, 0.717) is 0 Å². The number of benzene rings is 2. The van der Waals surface area contributed by atoms with E-state index < -0.39 is 0 Å². The van der Waals surface area contributed by atoms with Gasteiger partial charge in [0.1, 0.15) is 5.82 Å². The number of aromatic nitrogens is 2. The first-order chi connectivity index (χ1) is 14.5. The second-order valence-electron chi connectivity index (χ2n) is 7.87. The second-order valence-corrected chi connectivity index (χ2v) is 7.87. The SMILES string of the molecule is CON(C)C(=O)Cc1ccc2nc(C)n(-c3ccc(N4CCN(C)CC4)cc3)c2c1. The van der Waals surface area contributed by atoms with Crippen molar-refractivity contribution in [3.05, 3.63) is 53.9 Å². The lowest BCUT2D eigenvalue weighted by Gasteiger charge is -2.34. The molecule has 0 atom stereocenters. The highest BCUT2D eigenvalue weighted by molar-refractivity contribution is 5.82. The molecule has 0 aliphatic carbocycles. The largest absolute Gasteiger partial charge is 0.369 e. The van der Waals surface area contributed by atoms with Crippen molar-refractivity contribution in [2.24, 2.45) is 0 Å². The zero-order valence-electron chi connectivity index (χ0n) is 18.1. The smallest absolute Gasteiger partial charge is 0.250 e. The fourth-order valence-corrected chi connectivity index (χ4v) is 3.94. The minimum absolute atomic E-state index is 0.0869. The third-order valence-corrected chi connectivity index (χ3v) is 5.84. The summed E-state index contributed by atoms with van der Waals surface area (Å²) >= 11 is 0. The van der Waals surface area contributed by atoms with E-state index in [0.717, 1.165) is 54.3 Å². The maximum Gasteiger partial charge on any atom is 0.250 e. The molecule has 4 rings (SSSR count). The van der Waals surface area contributed by atoms with Gasteiger partial charge in [0.05, 0.1) is 24.6 Å². The summed E-state index contributed by atoms with van der Waals surface area (Å²) in [6, 6.07) is 14.7. The topological polar surface area (TPSA) is 53.8 Å². The molecule has 1 aliphatic rings. The Hall–Kier alpha value is -2.90. The molecule has 1 fully saturated rings. The van der Waals surface area contributed by atoms with Crippen LogP contribution in [0.1, 0.15) is 11.4 Å². The Balaban J connectivity index is 1.62. The number of hydrogen-bond acceptors (Lipinski definition) is 5. The van der Waals surface area contributed by atoms with Gasteiger partial charge in [-0.2, -0.15) is 0 Å². The van der Waals surface area contributed by atoms with Gasteiger partial charge in [-0.15, -0.1) is 0 Å². The Morgan fingerprint density at radius 2 is 1.73 bits per heavy atom. The van der Waals surface area contributed by atoms with Crippen LogP contribution >= 0.6 is 0 Å². The number of likely N-dealkylation sites (N-methyl/N-ethyl adjacent to an activating group) is 2. The van der Waals surface area contributed by atoms with Gasteiger partial charge >= 0.3 is 0 Å². The van der Waals surface area contributed by atoms with Crippen LogP contribution in [0, 0.1) is 6.92 Å². The highest BCUT2D eigenvalue weighted by Crippen LogP contribution is 2.25. The number of carbonyl (C=O) groups excluding carboxylic acids is 1. The lowest BCUT2D eigenvalue weighted by molar-refractivity contribution is -0.167. The number of hydrogen-bond donors (Lipinski definition) is 0. The molecule has 1 aromatic heterocycles. The lowest BCUT2D eigenvalue weighted by atomic mass is 10.1. The summed E-state index contributed by atoms with van der Waals surface area (Å²) in [5, 5.41) is 1.25. The van der Waals surface area contributed by atoms with Gasteiger partial charge in [0.2, 0.25) is 5.91 Å². The van der Waals surface area contributed by atoms with Crippen LogP contribution in [0.25, 0.3) is 16.7 Å². The number of piperazine rings is 1. The quantitative estimate of drug-likeness (QED) is 0.609. The van der Waals surface area contributed by atoms with Crippen molar-refractivity contribution in [3.8, 4) is 5.69 Å². The van der Waals surface area contributed by atoms with E-state index in [2.05, 4.69) is 45.7 Å². The number of nitrogens with zero attached hydrogens (tertiary/aromatic N) is 5. The van der Waals surface area contributed by atoms with Crippen LogP contribution in [0.15, 0.2) is 42.5 Å². The van der Waals surface area contributed by atoms with Crippen molar-refractivity contribution in [1.29, 1.82) is 0 Å². The minimum Gasteiger partial charge on any atom is -0.369 e. The molecule has 0 bridgehead atoms. The fraction of sp³-hybridized carbons (Fsp3) is 0.391. The highest BCUT2D eigenvalue weighted by Gasteiger charge is 2.16. The molecule has 0 spiro atoms. The first-order valence-electron chi connectivity index (χ1n) is 10.3. The molecule has 2 heterocycles. The van der Waals surface area contributed by atoms with Crippen LogP contribution in [-0.4, -0.2) is 72.8 Å². The van der Waals surface area contributed by atoms with Crippen LogP contribution in [0.5, 0.6) is 0 Å². The Labute approximate surface area is 177 Å². The monoisotopic (exact) mass is 407 g/mol. The van der Waals surface area contributed by atoms with Gasteiger partial charge in [-0.1, -0.05) is 6.07 Å². The van der Waals surface area contributed by atoms with Gasteiger partial charge in [-0.3, -0.25) is 14.2 Å². The van der Waals surface area contributed by atoms with Crippen molar-refractivity contribution >= 4 is 22.6 Å². The normalized spacial score (nSPS) is 15.0. The summed E-state index contributed by atoms with van der Waals surface area (Å²) in [7, 11) is 5.28. The second kappa shape index (κ2) is 8.45. The first kappa shape index (κ1) is 20.4. The maximum absolute atomic E-state index is 12.2. The zero-order valence-corrected chi connectivity index (χ0v) is 18.1. The highest BCUT2D eigenvalue weighted by atomic mass is 16.7. The van der Waals surface area contributed by atoms with Crippen LogP contribution in [0.3, 0.4) is 0 Å². The molecular formula is C23H29N5O2. The standard InChI is InChI=1S/C23H29N5O2/c1-17-24-21-10-5-18(16-23(29)26(3)30-4)15-22(21)28(17)20-8-6-19(7-9-20)27-13-11-25(2)12-14-27/h5-10,15H,11-14,16H2,1-4H3. The molecule has 158 valence electrons. The Morgan fingerprint density at radius 1 is 1.07 bits per heavy atom. The van der Waals surface area contributed by atoms with Crippen LogP contribution < -0.4 is 4.90 Å². The molecule has 1 amide bonds. The molecule has 0 radical (unpaired) electrons. The minimum atomic E-state index is -0.0869. The number of imidazole rings is 1. The third-order valence-electron chi connectivity index (χ3n) is 5.84. The molecule has 1 saturated heterocycles. The molecule has 2 aromatic carbocycles. The van der Waals surface area contributed by atoms with E-state index in [4.69, 9.17) is 9.82 Å². The van der Waals surface area contributed by atoms with E-state index in [1.807, 2.05) is 25.1 Å². The predicted octanol–water partition coefficient (Wildman–Crippen LogP) is 2.65. The van der Waals surface area contributed by atoms with E-state index in [9.17, 15) is 4.79 Å². The Bertz CT molecular complexity index is 1040. The summed E-state index contributed by atoms with van der Waals surface area (Å²) in [6.45, 7) is 6.30. The van der Waals surface area contributed by atoms with E-state index in [1.54, 1.807) is 7.05 Å². The Kier molecular flexibility index (Phi) is 5.74. The maximum atomic E-state index is 12.2. The lowest BCUT2D eigenvalue weighted by Crippen LogP contribution is -2.44. The molecule has 30 heavy (non-hydrogen) atoms. The van der Waals surface area contributed by atoms with Gasteiger partial charge in [0, 0.05) is 44.6 Å². The van der Waals surface area contributed by atoms with E-state index >= 15 is 0 Å². The summed E-state index contributed by atoms with van der Waals surface area (Å²) in [5.41, 5.74) is 5.19. The number of anilines is 1. The van der Waals surface area contributed by atoms with E-state index in [1.165, 1.54) is 17.9 Å². The van der Waals surface area contributed by atoms with Gasteiger partial charge in [-0.25, -0.2) is 10.0 Å². The number of fused-ring (bicyclic) bond motifs is 1. The molecule has 0 saturated carbocycles. The predicted molar refractivity (Wildman–Crippen MR) is 119 cm³/mol. The number of rotatable bonds is 5. The summed E-state index contributed by atoms with van der Waals surface area (Å²) in [4.78, 5) is 26.7. The molecule has 7 heteroatoms. The van der Waals surface area contributed by atoms with Gasteiger partial charge < -0.3 is 9.80 Å². The van der Waals surface area contributed by atoms with Crippen molar-refractivity contribution in [3.63, 3.8) is 0 Å². The average Bonchev–Trinajstić information content (AvgIpc) is 3.08. The van der Waals surface area contributed by atoms with Crippen molar-refractivity contribution < 1.29 is 9.63 Å². The number of amides is 1. The van der Waals surface area contributed by atoms with Crippen LogP contribution in [0.2, 0.25) is 0 Å². The van der Waals surface area contributed by atoms with Crippen LogP contribution in [0.4, 0.5) is 5.69 Å². The Morgan fingerprint density at radius 3 is 2.40 bits per heavy atom. The number of carbonyl (C=O) groups is 1. The molecule has 7 nitrogen and oxygen atoms in total. The van der Waals surface area contributed by atoms with Gasteiger partial charge in [0.25, 0.3) is 0 Å². The fourth-order valence-electron chi connectivity index (χ4n) is 3.94.